The van der Waals surface area contributed by atoms with Crippen LogP contribution in [0.2, 0.25) is 0 Å². The van der Waals surface area contributed by atoms with E-state index in [1.807, 2.05) is 85.2 Å². The third kappa shape index (κ3) is 4.52. The lowest BCUT2D eigenvalue weighted by atomic mass is 9.91. The van der Waals surface area contributed by atoms with E-state index in [1.54, 1.807) is 0 Å². The topological polar surface area (TPSA) is 51.6 Å². The lowest BCUT2D eigenvalue weighted by Gasteiger charge is -2.15. The van der Waals surface area contributed by atoms with Crippen molar-refractivity contribution in [2.24, 2.45) is 0 Å². The van der Waals surface area contributed by atoms with Gasteiger partial charge in [0.05, 0.1) is 0 Å². The summed E-state index contributed by atoms with van der Waals surface area (Å²) in [7, 11) is 0. The molecular weight excluding hydrogens is 488 g/mol. The molecule has 4 heteroatoms. The highest BCUT2D eigenvalue weighted by molar-refractivity contribution is 6.03. The maximum absolute atomic E-state index is 5.03. The first kappa shape index (κ1) is 23.6. The molecule has 0 atom stereocenters. The van der Waals surface area contributed by atoms with Gasteiger partial charge in [0.1, 0.15) is 0 Å². The lowest BCUT2D eigenvalue weighted by Crippen LogP contribution is -2.01. The Bertz CT molecular complexity index is 1860. The smallest absolute Gasteiger partial charge is 0.164 e. The number of benzene rings is 5. The molecule has 0 saturated carbocycles. The largest absolute Gasteiger partial charge is 0.265 e. The normalized spacial score (nSPS) is 11.0. The van der Waals surface area contributed by atoms with Gasteiger partial charge in [-0.25, -0.2) is 15.0 Å². The molecule has 5 aromatic carbocycles. The van der Waals surface area contributed by atoms with Crippen LogP contribution in [0.4, 0.5) is 0 Å². The van der Waals surface area contributed by atoms with E-state index in [1.165, 1.54) is 5.39 Å². The van der Waals surface area contributed by atoms with Gasteiger partial charge < -0.3 is 0 Å². The number of hydrogen-bond acceptors (Lipinski definition) is 4. The zero-order valence-electron chi connectivity index (χ0n) is 21.6. The van der Waals surface area contributed by atoms with Crippen LogP contribution in [-0.2, 0) is 0 Å². The predicted molar refractivity (Wildman–Crippen MR) is 162 cm³/mol. The van der Waals surface area contributed by atoms with E-state index in [0.717, 1.165) is 44.3 Å². The molecule has 0 N–H and O–H groups in total. The average Bonchev–Trinajstić information content (AvgIpc) is 3.05. The van der Waals surface area contributed by atoms with Crippen molar-refractivity contribution in [3.63, 3.8) is 0 Å². The third-order valence-corrected chi connectivity index (χ3v) is 7.06. The van der Waals surface area contributed by atoms with Crippen LogP contribution >= 0.6 is 0 Å². The summed E-state index contributed by atoms with van der Waals surface area (Å²) in [6, 6.07) is 45.6. The Balaban J connectivity index is 1.46. The van der Waals surface area contributed by atoms with Crippen LogP contribution in [0, 0.1) is 0 Å². The molecule has 7 aromatic rings. The molecule has 40 heavy (non-hydrogen) atoms. The molecule has 0 unspecified atom stereocenters. The zero-order chi connectivity index (χ0) is 26.7. The van der Waals surface area contributed by atoms with Crippen LogP contribution in [-0.4, -0.2) is 19.9 Å². The van der Waals surface area contributed by atoms with E-state index in [4.69, 9.17) is 15.0 Å². The highest BCUT2D eigenvalue weighted by Gasteiger charge is 2.18. The van der Waals surface area contributed by atoms with Gasteiger partial charge in [-0.1, -0.05) is 115 Å². The molecule has 0 aliphatic rings. The maximum Gasteiger partial charge on any atom is 0.164 e. The fraction of sp³-hybridized carbons (Fsp3) is 0. The van der Waals surface area contributed by atoms with Gasteiger partial charge in [0, 0.05) is 34.6 Å². The minimum atomic E-state index is 0.645. The van der Waals surface area contributed by atoms with Crippen LogP contribution in [0.3, 0.4) is 0 Å². The van der Waals surface area contributed by atoms with Gasteiger partial charge in [-0.3, -0.25) is 4.98 Å². The van der Waals surface area contributed by atoms with Gasteiger partial charge >= 0.3 is 0 Å². The summed E-state index contributed by atoms with van der Waals surface area (Å²) in [5.74, 6) is 1.94. The number of nitrogens with zero attached hydrogens (tertiary/aromatic N) is 4. The van der Waals surface area contributed by atoms with E-state index >= 15 is 0 Å². The van der Waals surface area contributed by atoms with Gasteiger partial charge in [-0.15, -0.1) is 0 Å². The molecule has 2 aromatic heterocycles. The minimum absolute atomic E-state index is 0.645. The van der Waals surface area contributed by atoms with Crippen LogP contribution in [0.15, 0.2) is 146 Å². The SMILES string of the molecule is c1ccc(-c2nc(-c3ccccc3)nc(-c3ccc4ccccc4c3-c3ccc(-c4ccncc4)cc3)n2)cc1. The van der Waals surface area contributed by atoms with Crippen molar-refractivity contribution in [1.29, 1.82) is 0 Å². The molecule has 2 heterocycles. The number of pyridine rings is 1. The van der Waals surface area contributed by atoms with E-state index < -0.39 is 0 Å². The zero-order valence-corrected chi connectivity index (χ0v) is 21.6. The van der Waals surface area contributed by atoms with Crippen molar-refractivity contribution in [2.75, 3.05) is 0 Å². The Morgan fingerprint density at radius 3 is 1.52 bits per heavy atom. The maximum atomic E-state index is 5.03. The molecule has 0 radical (unpaired) electrons. The summed E-state index contributed by atoms with van der Waals surface area (Å²) in [4.78, 5) is 19.1. The van der Waals surface area contributed by atoms with E-state index in [9.17, 15) is 0 Å². The van der Waals surface area contributed by atoms with Crippen molar-refractivity contribution in [1.82, 2.24) is 19.9 Å². The Labute approximate surface area is 232 Å². The van der Waals surface area contributed by atoms with Crippen molar-refractivity contribution >= 4 is 10.8 Å². The molecule has 0 saturated heterocycles. The van der Waals surface area contributed by atoms with Crippen LogP contribution in [0.25, 0.3) is 67.2 Å². The molecule has 7 rings (SSSR count). The summed E-state index contributed by atoms with van der Waals surface area (Å²) in [6.45, 7) is 0. The van der Waals surface area contributed by atoms with Gasteiger partial charge in [0.15, 0.2) is 17.5 Å². The number of hydrogen-bond donors (Lipinski definition) is 0. The van der Waals surface area contributed by atoms with Crippen molar-refractivity contribution in [2.45, 2.75) is 0 Å². The highest BCUT2D eigenvalue weighted by Crippen LogP contribution is 2.38. The van der Waals surface area contributed by atoms with Crippen LogP contribution in [0.1, 0.15) is 0 Å². The van der Waals surface area contributed by atoms with Gasteiger partial charge in [-0.05, 0) is 45.7 Å². The fourth-order valence-electron chi connectivity index (χ4n) is 5.07. The summed E-state index contributed by atoms with van der Waals surface area (Å²) >= 11 is 0. The Kier molecular flexibility index (Phi) is 6.11. The standard InChI is InChI=1S/C36H24N4/c1-3-10-29(11-4-1)34-38-35(30-12-5-2-6-13-30)40-36(39-34)32-20-19-27-9-7-8-14-31(27)33(32)28-17-15-25(16-18-28)26-21-23-37-24-22-26/h1-24H. The molecule has 0 amide bonds. The summed E-state index contributed by atoms with van der Waals surface area (Å²) in [5.41, 5.74) is 7.35. The highest BCUT2D eigenvalue weighted by atomic mass is 15.0. The summed E-state index contributed by atoms with van der Waals surface area (Å²) < 4.78 is 0. The Morgan fingerprint density at radius 2 is 0.875 bits per heavy atom. The molecule has 4 nitrogen and oxygen atoms in total. The van der Waals surface area contributed by atoms with E-state index in [0.29, 0.717) is 17.5 Å². The fourth-order valence-corrected chi connectivity index (χ4v) is 5.07. The molecule has 0 aliphatic carbocycles. The Hall–Kier alpha value is -5.48. The Morgan fingerprint density at radius 1 is 0.350 bits per heavy atom. The first-order valence-corrected chi connectivity index (χ1v) is 13.2. The number of aromatic nitrogens is 4. The first-order valence-electron chi connectivity index (χ1n) is 13.2. The molecule has 0 spiro atoms. The molecule has 0 fully saturated rings. The average molecular weight is 513 g/mol. The third-order valence-electron chi connectivity index (χ3n) is 7.06. The van der Waals surface area contributed by atoms with Crippen molar-refractivity contribution in [3.05, 3.63) is 146 Å². The second-order valence-corrected chi connectivity index (χ2v) is 9.56. The number of rotatable bonds is 5. The monoisotopic (exact) mass is 512 g/mol. The predicted octanol–water partition coefficient (Wildman–Crippen LogP) is 8.75. The second kappa shape index (κ2) is 10.4. The van der Waals surface area contributed by atoms with E-state index in [2.05, 4.69) is 65.6 Å². The van der Waals surface area contributed by atoms with Crippen LogP contribution < -0.4 is 0 Å². The van der Waals surface area contributed by atoms with E-state index in [-0.39, 0.29) is 0 Å². The van der Waals surface area contributed by atoms with Gasteiger partial charge in [0.25, 0.3) is 0 Å². The van der Waals surface area contributed by atoms with Gasteiger partial charge in [0.2, 0.25) is 0 Å². The molecule has 0 bridgehead atoms. The lowest BCUT2D eigenvalue weighted by molar-refractivity contribution is 1.07. The quantitative estimate of drug-likeness (QED) is 0.231. The van der Waals surface area contributed by atoms with Crippen molar-refractivity contribution < 1.29 is 0 Å². The summed E-state index contributed by atoms with van der Waals surface area (Å²) in [5, 5.41) is 2.32. The van der Waals surface area contributed by atoms with Gasteiger partial charge in [-0.2, -0.15) is 0 Å². The number of fused-ring (bicyclic) bond motifs is 1. The van der Waals surface area contributed by atoms with Crippen molar-refractivity contribution in [3.8, 4) is 56.4 Å². The minimum Gasteiger partial charge on any atom is -0.265 e. The van der Waals surface area contributed by atoms with Crippen LogP contribution in [0.5, 0.6) is 0 Å². The second-order valence-electron chi connectivity index (χ2n) is 9.56. The molecule has 0 aliphatic heterocycles. The first-order chi connectivity index (χ1) is 19.8. The molecule has 188 valence electrons. The summed E-state index contributed by atoms with van der Waals surface area (Å²) in [6.07, 6.45) is 3.64. The molecular formula is C36H24N4.